The van der Waals surface area contributed by atoms with E-state index in [0.717, 1.165) is 29.0 Å². The van der Waals surface area contributed by atoms with Crippen LogP contribution in [0.5, 0.6) is 0 Å². The Morgan fingerprint density at radius 3 is 2.73 bits per heavy atom. The summed E-state index contributed by atoms with van der Waals surface area (Å²) in [7, 11) is 0. The van der Waals surface area contributed by atoms with Gasteiger partial charge in [0.1, 0.15) is 6.29 Å². The molecule has 58 valence electrons. The second kappa shape index (κ2) is 2.32. The number of carbonyl (C=O) groups is 1. The number of aldehydes is 1. The Labute approximate surface area is 74.0 Å². The fourth-order valence-corrected chi connectivity index (χ4v) is 2.17. The fraction of sp³-hybridized carbons (Fsp3) is 0.375. The molecule has 0 aromatic carbocycles. The van der Waals surface area contributed by atoms with Gasteiger partial charge < -0.3 is 4.79 Å². The van der Waals surface area contributed by atoms with Gasteiger partial charge in [-0.2, -0.15) is 0 Å². The number of carbonyl (C=O) groups excluding carboxylic acids is 1. The maximum Gasteiger partial charge on any atom is 0.130 e. The summed E-state index contributed by atoms with van der Waals surface area (Å²) < 4.78 is 0.771. The smallest absolute Gasteiger partial charge is 0.130 e. The van der Waals surface area contributed by atoms with E-state index in [0.29, 0.717) is 0 Å². The molecule has 1 heterocycles. The minimum Gasteiger partial charge on any atom is -0.302 e. The zero-order valence-electron chi connectivity index (χ0n) is 5.84. The molecule has 0 saturated heterocycles. The fourth-order valence-electron chi connectivity index (χ4n) is 1.18. The molecular formula is C8H7ClOS. The van der Waals surface area contributed by atoms with Crippen LogP contribution >= 0.6 is 22.9 Å². The molecule has 1 fully saturated rings. The highest BCUT2D eigenvalue weighted by Crippen LogP contribution is 2.47. The molecular weight excluding hydrogens is 180 g/mol. The highest BCUT2D eigenvalue weighted by molar-refractivity contribution is 7.14. The summed E-state index contributed by atoms with van der Waals surface area (Å²) in [5, 5.41) is 1.98. The molecule has 0 spiro atoms. The predicted molar refractivity (Wildman–Crippen MR) is 46.3 cm³/mol. The van der Waals surface area contributed by atoms with E-state index in [1.165, 1.54) is 11.3 Å². The molecule has 1 aromatic heterocycles. The highest BCUT2D eigenvalue weighted by atomic mass is 35.5. The molecule has 1 saturated carbocycles. The van der Waals surface area contributed by atoms with Gasteiger partial charge in [0.2, 0.25) is 0 Å². The quantitative estimate of drug-likeness (QED) is 0.649. The topological polar surface area (TPSA) is 17.1 Å². The van der Waals surface area contributed by atoms with E-state index in [4.69, 9.17) is 11.6 Å². The average molecular weight is 187 g/mol. The zero-order chi connectivity index (χ0) is 7.90. The third-order valence-corrected chi connectivity index (χ3v) is 3.25. The number of rotatable bonds is 2. The van der Waals surface area contributed by atoms with Gasteiger partial charge >= 0.3 is 0 Å². The van der Waals surface area contributed by atoms with E-state index >= 15 is 0 Å². The van der Waals surface area contributed by atoms with Crippen molar-refractivity contribution in [3.05, 3.63) is 21.3 Å². The van der Waals surface area contributed by atoms with Crippen LogP contribution in [0, 0.1) is 0 Å². The largest absolute Gasteiger partial charge is 0.302 e. The molecule has 1 aromatic rings. The Balaban J connectivity index is 2.36. The first-order chi connectivity index (χ1) is 5.27. The van der Waals surface area contributed by atoms with Crippen molar-refractivity contribution < 1.29 is 4.79 Å². The molecule has 0 unspecified atom stereocenters. The zero-order valence-corrected chi connectivity index (χ0v) is 7.41. The van der Waals surface area contributed by atoms with E-state index < -0.39 is 0 Å². The lowest BCUT2D eigenvalue weighted by atomic mass is 10.0. The molecule has 3 heteroatoms. The Bertz CT molecular complexity index is 288. The Kier molecular flexibility index (Phi) is 1.55. The van der Waals surface area contributed by atoms with Crippen molar-refractivity contribution in [3.8, 4) is 0 Å². The summed E-state index contributed by atoms with van der Waals surface area (Å²) in [6.45, 7) is 0. The van der Waals surface area contributed by atoms with Crippen molar-refractivity contribution >= 4 is 29.2 Å². The van der Waals surface area contributed by atoms with Gasteiger partial charge in [-0.3, -0.25) is 0 Å². The standard InChI is InChI=1S/C8H7ClOS/c9-7-3-6(4-11-7)8(5-10)1-2-8/h3-5H,1-2H2. The van der Waals surface area contributed by atoms with E-state index in [-0.39, 0.29) is 5.41 Å². The Morgan fingerprint density at radius 2 is 2.36 bits per heavy atom. The first-order valence-electron chi connectivity index (χ1n) is 3.48. The highest BCUT2D eigenvalue weighted by Gasteiger charge is 2.44. The summed E-state index contributed by atoms with van der Waals surface area (Å²) in [5.74, 6) is 0. The van der Waals surface area contributed by atoms with Gasteiger partial charge in [-0.25, -0.2) is 0 Å². The summed E-state index contributed by atoms with van der Waals surface area (Å²) in [5.41, 5.74) is 0.950. The van der Waals surface area contributed by atoms with Gasteiger partial charge in [0.05, 0.1) is 9.75 Å². The molecule has 0 N–H and O–H groups in total. The number of hydrogen-bond acceptors (Lipinski definition) is 2. The van der Waals surface area contributed by atoms with Crippen LogP contribution in [-0.4, -0.2) is 6.29 Å². The summed E-state index contributed by atoms with van der Waals surface area (Å²) in [4.78, 5) is 10.7. The predicted octanol–water partition coefficient (Wildman–Crippen LogP) is 2.63. The first kappa shape index (κ1) is 7.32. The number of hydrogen-bond donors (Lipinski definition) is 0. The van der Waals surface area contributed by atoms with E-state index in [1.54, 1.807) is 0 Å². The van der Waals surface area contributed by atoms with Crippen LogP contribution in [0.4, 0.5) is 0 Å². The average Bonchev–Trinajstić information content (AvgIpc) is 2.70. The Hall–Kier alpha value is -0.340. The van der Waals surface area contributed by atoms with Crippen LogP contribution in [-0.2, 0) is 10.2 Å². The van der Waals surface area contributed by atoms with Crippen LogP contribution in [0.2, 0.25) is 4.34 Å². The van der Waals surface area contributed by atoms with Gasteiger partial charge in [-0.05, 0) is 29.9 Å². The van der Waals surface area contributed by atoms with Crippen LogP contribution in [0.3, 0.4) is 0 Å². The van der Waals surface area contributed by atoms with Gasteiger partial charge in [-0.1, -0.05) is 11.6 Å². The van der Waals surface area contributed by atoms with Gasteiger partial charge in [0, 0.05) is 0 Å². The van der Waals surface area contributed by atoms with Crippen LogP contribution in [0.25, 0.3) is 0 Å². The molecule has 1 aliphatic carbocycles. The maximum atomic E-state index is 10.7. The normalized spacial score (nSPS) is 19.7. The van der Waals surface area contributed by atoms with Crippen molar-refractivity contribution in [2.24, 2.45) is 0 Å². The SMILES string of the molecule is O=CC1(c2csc(Cl)c2)CC1. The molecule has 0 amide bonds. The lowest BCUT2D eigenvalue weighted by Crippen LogP contribution is -2.05. The summed E-state index contributed by atoms with van der Waals surface area (Å²) in [6, 6.07) is 1.90. The minimum absolute atomic E-state index is 0.149. The molecule has 0 bridgehead atoms. The molecule has 1 aliphatic rings. The van der Waals surface area contributed by atoms with Crippen molar-refractivity contribution in [1.29, 1.82) is 0 Å². The molecule has 0 atom stereocenters. The second-order valence-corrected chi connectivity index (χ2v) is 4.46. The number of thiophene rings is 1. The third kappa shape index (κ3) is 1.10. The molecule has 2 rings (SSSR count). The maximum absolute atomic E-state index is 10.7. The van der Waals surface area contributed by atoms with Gasteiger partial charge in [0.25, 0.3) is 0 Å². The molecule has 11 heavy (non-hydrogen) atoms. The van der Waals surface area contributed by atoms with Crippen LogP contribution in [0.15, 0.2) is 11.4 Å². The minimum atomic E-state index is -0.149. The molecule has 0 radical (unpaired) electrons. The lowest BCUT2D eigenvalue weighted by molar-refractivity contribution is -0.109. The van der Waals surface area contributed by atoms with Crippen LogP contribution in [0.1, 0.15) is 18.4 Å². The monoisotopic (exact) mass is 186 g/mol. The second-order valence-electron chi connectivity index (χ2n) is 2.91. The van der Waals surface area contributed by atoms with Crippen molar-refractivity contribution in [3.63, 3.8) is 0 Å². The Morgan fingerprint density at radius 1 is 1.64 bits per heavy atom. The van der Waals surface area contributed by atoms with Gasteiger partial charge in [-0.15, -0.1) is 11.3 Å². The first-order valence-corrected chi connectivity index (χ1v) is 4.73. The summed E-state index contributed by atoms with van der Waals surface area (Å²) >= 11 is 7.25. The van der Waals surface area contributed by atoms with E-state index in [9.17, 15) is 4.79 Å². The number of halogens is 1. The van der Waals surface area contributed by atoms with Crippen molar-refractivity contribution in [2.75, 3.05) is 0 Å². The van der Waals surface area contributed by atoms with E-state index in [1.807, 2.05) is 11.4 Å². The van der Waals surface area contributed by atoms with Crippen molar-refractivity contribution in [1.82, 2.24) is 0 Å². The lowest BCUT2D eigenvalue weighted by Gasteiger charge is -2.00. The molecule has 1 nitrogen and oxygen atoms in total. The van der Waals surface area contributed by atoms with Crippen LogP contribution < -0.4 is 0 Å². The van der Waals surface area contributed by atoms with E-state index in [2.05, 4.69) is 0 Å². The molecule has 0 aliphatic heterocycles. The van der Waals surface area contributed by atoms with Crippen molar-refractivity contribution in [2.45, 2.75) is 18.3 Å². The third-order valence-electron chi connectivity index (χ3n) is 2.16. The van der Waals surface area contributed by atoms with Gasteiger partial charge in [0.15, 0.2) is 0 Å². The summed E-state index contributed by atoms with van der Waals surface area (Å²) in [6.07, 6.45) is 3.03.